The van der Waals surface area contributed by atoms with Crippen LogP contribution in [0.1, 0.15) is 32.6 Å². The molecule has 0 unspecified atom stereocenters. The average molecular weight is 371 g/mol. The molecular weight excluding hydrogens is 351 g/mol. The lowest BCUT2D eigenvalue weighted by molar-refractivity contribution is -0.134. The fourth-order valence-electron chi connectivity index (χ4n) is 3.56. The minimum Gasteiger partial charge on any atom is -0.489 e. The van der Waals surface area contributed by atoms with Crippen LogP contribution in [-0.4, -0.2) is 35.5 Å². The Morgan fingerprint density at radius 1 is 1.29 bits per heavy atom. The Morgan fingerprint density at radius 3 is 2.67 bits per heavy atom. The topological polar surface area (TPSA) is 58.6 Å². The number of rotatable bonds is 4. The zero-order valence-electron chi connectivity index (χ0n) is 13.5. The molecule has 1 heterocycles. The number of hydrogen-bond donors (Lipinski definition) is 1. The van der Waals surface area contributed by atoms with E-state index in [1.54, 1.807) is 18.2 Å². The molecule has 1 aromatic carbocycles. The van der Waals surface area contributed by atoms with E-state index in [-0.39, 0.29) is 31.0 Å². The first-order valence-electron chi connectivity index (χ1n) is 8.16. The molecule has 5 nitrogen and oxygen atoms in total. The fraction of sp³-hybridized carbons (Fsp3) is 0.529. The maximum Gasteiger partial charge on any atom is 0.325 e. The summed E-state index contributed by atoms with van der Waals surface area (Å²) < 4.78 is 5.59. The molecule has 1 N–H and O–H groups in total. The van der Waals surface area contributed by atoms with Crippen LogP contribution in [0.4, 0.5) is 4.79 Å². The Balaban J connectivity index is 1.66. The van der Waals surface area contributed by atoms with Gasteiger partial charge in [0.25, 0.3) is 5.91 Å². The Hall–Kier alpha value is -1.46. The van der Waals surface area contributed by atoms with Crippen molar-refractivity contribution >= 4 is 35.1 Å². The minimum atomic E-state index is -0.739. The largest absolute Gasteiger partial charge is 0.489 e. The third kappa shape index (κ3) is 2.95. The molecule has 2 atom stereocenters. The van der Waals surface area contributed by atoms with Gasteiger partial charge in [-0.1, -0.05) is 49.0 Å². The highest BCUT2D eigenvalue weighted by Gasteiger charge is 2.54. The van der Waals surface area contributed by atoms with Crippen molar-refractivity contribution in [2.75, 3.05) is 13.2 Å². The molecule has 1 aliphatic carbocycles. The normalized spacial score (nSPS) is 26.8. The number of halogens is 2. The van der Waals surface area contributed by atoms with Gasteiger partial charge in [0.05, 0.1) is 16.6 Å². The van der Waals surface area contributed by atoms with Gasteiger partial charge >= 0.3 is 6.03 Å². The molecule has 1 spiro atoms. The van der Waals surface area contributed by atoms with Crippen LogP contribution in [-0.2, 0) is 4.79 Å². The third-order valence-corrected chi connectivity index (χ3v) is 5.58. The second-order valence-corrected chi connectivity index (χ2v) is 7.22. The van der Waals surface area contributed by atoms with E-state index in [9.17, 15) is 9.59 Å². The number of imide groups is 1. The number of carbonyl (C=O) groups is 2. The second kappa shape index (κ2) is 6.81. The van der Waals surface area contributed by atoms with Gasteiger partial charge in [0.1, 0.15) is 12.1 Å². The van der Waals surface area contributed by atoms with E-state index in [1.807, 2.05) is 6.92 Å². The van der Waals surface area contributed by atoms with Crippen LogP contribution in [0.5, 0.6) is 5.75 Å². The van der Waals surface area contributed by atoms with E-state index in [4.69, 9.17) is 27.9 Å². The molecule has 1 aromatic rings. The number of hydrogen-bond acceptors (Lipinski definition) is 3. The van der Waals surface area contributed by atoms with E-state index in [0.29, 0.717) is 22.2 Å². The van der Waals surface area contributed by atoms with Crippen LogP contribution in [0.2, 0.25) is 10.0 Å². The number of ether oxygens (including phenoxy) is 1. The molecule has 130 valence electrons. The van der Waals surface area contributed by atoms with Gasteiger partial charge in [0.2, 0.25) is 0 Å². The van der Waals surface area contributed by atoms with Crippen LogP contribution in [0.15, 0.2) is 18.2 Å². The summed E-state index contributed by atoms with van der Waals surface area (Å²) in [6.07, 6.45) is 3.70. The summed E-state index contributed by atoms with van der Waals surface area (Å²) in [5.41, 5.74) is -0.739. The Labute approximate surface area is 151 Å². The summed E-state index contributed by atoms with van der Waals surface area (Å²) in [5.74, 6) is 0.369. The van der Waals surface area contributed by atoms with Gasteiger partial charge in [0, 0.05) is 0 Å². The number of para-hydroxylation sites is 1. The van der Waals surface area contributed by atoms with Gasteiger partial charge < -0.3 is 10.1 Å². The lowest BCUT2D eigenvalue weighted by Crippen LogP contribution is -2.54. The maximum absolute atomic E-state index is 12.8. The molecule has 3 amide bonds. The summed E-state index contributed by atoms with van der Waals surface area (Å²) in [7, 11) is 0. The van der Waals surface area contributed by atoms with E-state index in [2.05, 4.69) is 5.32 Å². The van der Waals surface area contributed by atoms with Gasteiger partial charge in [-0.2, -0.15) is 0 Å². The summed E-state index contributed by atoms with van der Waals surface area (Å²) >= 11 is 12.1. The highest BCUT2D eigenvalue weighted by Crippen LogP contribution is 2.38. The van der Waals surface area contributed by atoms with Gasteiger partial charge in [-0.3, -0.25) is 9.69 Å². The van der Waals surface area contributed by atoms with Gasteiger partial charge in [-0.25, -0.2) is 4.79 Å². The van der Waals surface area contributed by atoms with Crippen LogP contribution >= 0.6 is 23.2 Å². The van der Waals surface area contributed by atoms with Crippen molar-refractivity contribution in [3.05, 3.63) is 28.2 Å². The summed E-state index contributed by atoms with van der Waals surface area (Å²) in [5, 5.41) is 3.72. The van der Waals surface area contributed by atoms with E-state index < -0.39 is 5.54 Å². The monoisotopic (exact) mass is 370 g/mol. The highest BCUT2D eigenvalue weighted by atomic mass is 35.5. The van der Waals surface area contributed by atoms with Crippen molar-refractivity contribution in [3.8, 4) is 5.75 Å². The molecule has 3 rings (SSSR count). The molecule has 0 radical (unpaired) electrons. The number of amides is 3. The van der Waals surface area contributed by atoms with Crippen LogP contribution in [0.25, 0.3) is 0 Å². The molecule has 0 bridgehead atoms. The summed E-state index contributed by atoms with van der Waals surface area (Å²) in [6, 6.07) is 4.73. The van der Waals surface area contributed by atoms with E-state index in [1.165, 1.54) is 4.90 Å². The maximum atomic E-state index is 12.8. The smallest absolute Gasteiger partial charge is 0.325 e. The van der Waals surface area contributed by atoms with Crippen molar-refractivity contribution in [2.24, 2.45) is 5.92 Å². The van der Waals surface area contributed by atoms with Crippen molar-refractivity contribution < 1.29 is 14.3 Å². The Morgan fingerprint density at radius 2 is 2.00 bits per heavy atom. The number of urea groups is 1. The standard InChI is InChI=1S/C17H20Cl2N2O3/c1-11-5-2-3-8-17(11)15(22)21(16(23)20-17)9-10-24-14-12(18)6-4-7-13(14)19/h4,6-7,11H,2-3,5,8-10H2,1H3,(H,20,23)/t11-,17+/m1/s1. The Bertz CT molecular complexity index is 647. The van der Waals surface area contributed by atoms with E-state index in [0.717, 1.165) is 19.3 Å². The SMILES string of the molecule is C[C@@H]1CCCC[C@]12NC(=O)N(CCOc1c(Cl)cccc1Cl)C2=O. The van der Waals surface area contributed by atoms with Gasteiger partial charge in [0.15, 0.2) is 5.75 Å². The first-order chi connectivity index (χ1) is 11.5. The predicted molar refractivity (Wildman–Crippen MR) is 92.6 cm³/mol. The van der Waals surface area contributed by atoms with Crippen molar-refractivity contribution in [1.29, 1.82) is 0 Å². The molecule has 1 saturated carbocycles. The van der Waals surface area contributed by atoms with E-state index >= 15 is 0 Å². The quantitative estimate of drug-likeness (QED) is 0.818. The van der Waals surface area contributed by atoms with Crippen LogP contribution in [0.3, 0.4) is 0 Å². The van der Waals surface area contributed by atoms with Crippen molar-refractivity contribution in [1.82, 2.24) is 10.2 Å². The first kappa shape index (κ1) is 17.4. The molecule has 2 fully saturated rings. The third-order valence-electron chi connectivity index (χ3n) is 4.98. The molecular formula is C17H20Cl2N2O3. The second-order valence-electron chi connectivity index (χ2n) is 6.40. The zero-order valence-corrected chi connectivity index (χ0v) is 15.0. The predicted octanol–water partition coefficient (Wildman–Crippen LogP) is 3.87. The van der Waals surface area contributed by atoms with Crippen LogP contribution in [0, 0.1) is 5.92 Å². The highest BCUT2D eigenvalue weighted by molar-refractivity contribution is 6.37. The van der Waals surface area contributed by atoms with Gasteiger partial charge in [-0.05, 0) is 30.9 Å². The van der Waals surface area contributed by atoms with Crippen LogP contribution < -0.4 is 10.1 Å². The average Bonchev–Trinajstić information content (AvgIpc) is 2.78. The van der Waals surface area contributed by atoms with Crippen molar-refractivity contribution in [3.63, 3.8) is 0 Å². The minimum absolute atomic E-state index is 0.145. The Kier molecular flexibility index (Phi) is 4.92. The molecule has 1 saturated heterocycles. The number of benzene rings is 1. The number of nitrogens with one attached hydrogen (secondary N) is 1. The molecule has 7 heteroatoms. The lowest BCUT2D eigenvalue weighted by Gasteiger charge is -2.36. The lowest BCUT2D eigenvalue weighted by atomic mass is 9.73. The number of carbonyl (C=O) groups excluding carboxylic acids is 2. The summed E-state index contributed by atoms with van der Waals surface area (Å²) in [6.45, 7) is 2.34. The molecule has 2 aliphatic rings. The van der Waals surface area contributed by atoms with Gasteiger partial charge in [-0.15, -0.1) is 0 Å². The molecule has 1 aliphatic heterocycles. The van der Waals surface area contributed by atoms with Crippen molar-refractivity contribution in [2.45, 2.75) is 38.1 Å². The molecule has 0 aromatic heterocycles. The zero-order chi connectivity index (χ0) is 17.3. The first-order valence-corrected chi connectivity index (χ1v) is 8.92. The summed E-state index contributed by atoms with van der Waals surface area (Å²) in [4.78, 5) is 26.3. The number of nitrogens with zero attached hydrogens (tertiary/aromatic N) is 1. The molecule has 24 heavy (non-hydrogen) atoms. The fourth-order valence-corrected chi connectivity index (χ4v) is 4.06.